The fourth-order valence-electron chi connectivity index (χ4n) is 3.28. The minimum Gasteiger partial charge on any atom is -0.406 e. The maximum atomic E-state index is 12.2. The van der Waals surface area contributed by atoms with E-state index in [1.54, 1.807) is 0 Å². The van der Waals surface area contributed by atoms with E-state index in [0.29, 0.717) is 12.1 Å². The largest absolute Gasteiger partial charge is 0.573 e. The number of carbonyl (C=O) groups is 1. The van der Waals surface area contributed by atoms with Crippen LogP contribution in [0.3, 0.4) is 0 Å². The van der Waals surface area contributed by atoms with Crippen molar-refractivity contribution in [1.29, 1.82) is 0 Å². The molecule has 0 spiro atoms. The van der Waals surface area contributed by atoms with Crippen LogP contribution in [0.5, 0.6) is 5.75 Å². The van der Waals surface area contributed by atoms with E-state index in [-0.39, 0.29) is 23.3 Å². The first-order valence-electron chi connectivity index (χ1n) is 7.32. The number of ether oxygens (including phenoxy) is 1. The summed E-state index contributed by atoms with van der Waals surface area (Å²) in [5.74, 6) is -0.746. The smallest absolute Gasteiger partial charge is 0.406 e. The Labute approximate surface area is 126 Å². The highest BCUT2D eigenvalue weighted by Gasteiger charge is 2.34. The highest BCUT2D eigenvalue weighted by atomic mass is 19.4. The first kappa shape index (κ1) is 15.1. The molecule has 4 nitrogen and oxygen atoms in total. The van der Waals surface area contributed by atoms with E-state index in [0.717, 1.165) is 31.7 Å². The number of nitrogens with one attached hydrogen (secondary N) is 2. The predicted molar refractivity (Wildman–Crippen MR) is 73.6 cm³/mol. The second-order valence-corrected chi connectivity index (χ2v) is 5.86. The molecule has 2 heterocycles. The number of halogens is 3. The van der Waals surface area contributed by atoms with Crippen molar-refractivity contribution in [3.63, 3.8) is 0 Å². The summed E-state index contributed by atoms with van der Waals surface area (Å²) in [5, 5.41) is 6.38. The van der Waals surface area contributed by atoms with Gasteiger partial charge in [-0.2, -0.15) is 0 Å². The van der Waals surface area contributed by atoms with E-state index in [1.165, 1.54) is 18.2 Å². The molecular formula is C15H17F3N2O2. The Kier molecular flexibility index (Phi) is 3.99. The first-order valence-corrected chi connectivity index (χ1v) is 7.32. The van der Waals surface area contributed by atoms with Crippen LogP contribution >= 0.6 is 0 Å². The van der Waals surface area contributed by atoms with Gasteiger partial charge in [-0.15, -0.1) is 13.2 Å². The summed E-state index contributed by atoms with van der Waals surface area (Å²) in [5.41, 5.74) is 0.174. The van der Waals surface area contributed by atoms with Crippen LogP contribution in [0.4, 0.5) is 13.2 Å². The number of rotatable bonds is 3. The summed E-state index contributed by atoms with van der Waals surface area (Å²) in [6.45, 7) is 0. The van der Waals surface area contributed by atoms with Gasteiger partial charge in [0, 0.05) is 23.7 Å². The molecule has 120 valence electrons. The second kappa shape index (κ2) is 5.79. The number of carbonyl (C=O) groups excluding carboxylic acids is 1. The molecule has 0 saturated carbocycles. The Morgan fingerprint density at radius 1 is 1.23 bits per heavy atom. The zero-order valence-electron chi connectivity index (χ0n) is 11.8. The number of alkyl halides is 3. The van der Waals surface area contributed by atoms with Gasteiger partial charge in [-0.1, -0.05) is 6.07 Å². The van der Waals surface area contributed by atoms with Gasteiger partial charge in [0.1, 0.15) is 5.75 Å². The van der Waals surface area contributed by atoms with Gasteiger partial charge in [-0.05, 0) is 43.9 Å². The van der Waals surface area contributed by atoms with Crippen LogP contribution in [-0.2, 0) is 0 Å². The minimum atomic E-state index is -4.76. The normalized spacial score (nSPS) is 27.5. The second-order valence-electron chi connectivity index (χ2n) is 5.86. The average Bonchev–Trinajstić information content (AvgIpc) is 2.76. The quantitative estimate of drug-likeness (QED) is 0.902. The summed E-state index contributed by atoms with van der Waals surface area (Å²) in [6, 6.07) is 6.08. The fourth-order valence-corrected chi connectivity index (χ4v) is 3.28. The van der Waals surface area contributed by atoms with Crippen LogP contribution in [0, 0.1) is 0 Å². The molecule has 2 aliphatic heterocycles. The molecule has 0 aromatic heterocycles. The van der Waals surface area contributed by atoms with Crippen molar-refractivity contribution in [2.24, 2.45) is 0 Å². The van der Waals surface area contributed by atoms with Crippen molar-refractivity contribution >= 4 is 5.91 Å². The van der Waals surface area contributed by atoms with Crippen molar-refractivity contribution in [3.05, 3.63) is 29.8 Å². The molecule has 1 aromatic rings. The molecule has 2 bridgehead atoms. The van der Waals surface area contributed by atoms with Crippen molar-refractivity contribution in [1.82, 2.24) is 10.6 Å². The lowest BCUT2D eigenvalue weighted by Gasteiger charge is -2.29. The average molecular weight is 314 g/mol. The maximum absolute atomic E-state index is 12.2. The van der Waals surface area contributed by atoms with Gasteiger partial charge < -0.3 is 15.4 Å². The maximum Gasteiger partial charge on any atom is 0.573 e. The number of amides is 1. The molecule has 2 saturated heterocycles. The molecule has 22 heavy (non-hydrogen) atoms. The van der Waals surface area contributed by atoms with E-state index in [1.807, 2.05) is 0 Å². The zero-order chi connectivity index (χ0) is 15.7. The Morgan fingerprint density at radius 3 is 2.55 bits per heavy atom. The highest BCUT2D eigenvalue weighted by Crippen LogP contribution is 2.27. The number of hydrogen-bond acceptors (Lipinski definition) is 3. The van der Waals surface area contributed by atoms with Crippen LogP contribution in [0.2, 0.25) is 0 Å². The lowest BCUT2D eigenvalue weighted by molar-refractivity contribution is -0.274. The third-order valence-corrected chi connectivity index (χ3v) is 4.14. The molecule has 0 aliphatic carbocycles. The Bertz CT molecular complexity index is 550. The predicted octanol–water partition coefficient (Wildman–Crippen LogP) is 2.60. The van der Waals surface area contributed by atoms with E-state index in [4.69, 9.17) is 0 Å². The molecule has 2 fully saturated rings. The van der Waals surface area contributed by atoms with Crippen molar-refractivity contribution in [2.45, 2.75) is 50.2 Å². The summed E-state index contributed by atoms with van der Waals surface area (Å²) in [7, 11) is 0. The van der Waals surface area contributed by atoms with Gasteiger partial charge >= 0.3 is 6.36 Å². The monoisotopic (exact) mass is 314 g/mol. The number of piperidine rings is 1. The molecule has 0 radical (unpaired) electrons. The van der Waals surface area contributed by atoms with Crippen molar-refractivity contribution in [3.8, 4) is 5.75 Å². The molecule has 2 aliphatic rings. The Morgan fingerprint density at radius 2 is 1.91 bits per heavy atom. The lowest BCUT2D eigenvalue weighted by atomic mass is 9.99. The third-order valence-electron chi connectivity index (χ3n) is 4.14. The van der Waals surface area contributed by atoms with E-state index in [9.17, 15) is 18.0 Å². The van der Waals surface area contributed by atoms with Gasteiger partial charge in [0.05, 0.1) is 0 Å². The summed E-state index contributed by atoms with van der Waals surface area (Å²) in [4.78, 5) is 12.2. The molecule has 1 aromatic carbocycles. The van der Waals surface area contributed by atoms with Crippen molar-refractivity contribution in [2.75, 3.05) is 0 Å². The number of benzene rings is 1. The molecule has 2 N–H and O–H groups in total. The Hall–Kier alpha value is -1.76. The van der Waals surface area contributed by atoms with Gasteiger partial charge in [0.25, 0.3) is 5.91 Å². The SMILES string of the molecule is O=C(NC1CC2CCC(C1)N2)c1cccc(OC(F)(F)F)c1. The van der Waals surface area contributed by atoms with Crippen molar-refractivity contribution < 1.29 is 22.7 Å². The van der Waals surface area contributed by atoms with Crippen LogP contribution in [0.15, 0.2) is 24.3 Å². The number of fused-ring (bicyclic) bond motifs is 2. The lowest BCUT2D eigenvalue weighted by Crippen LogP contribution is -2.48. The molecule has 3 rings (SSSR count). The topological polar surface area (TPSA) is 50.4 Å². The van der Waals surface area contributed by atoms with E-state index >= 15 is 0 Å². The van der Waals surface area contributed by atoms with Crippen LogP contribution < -0.4 is 15.4 Å². The zero-order valence-corrected chi connectivity index (χ0v) is 11.8. The van der Waals surface area contributed by atoms with Gasteiger partial charge in [0.2, 0.25) is 0 Å². The standard InChI is InChI=1S/C15H17F3N2O2/c16-15(17,18)22-13-3-1-2-9(6-13)14(21)20-12-7-10-4-5-11(8-12)19-10/h1-3,6,10-12,19H,4-5,7-8H2,(H,20,21). The first-order chi connectivity index (χ1) is 10.4. The molecule has 2 atom stereocenters. The molecule has 2 unspecified atom stereocenters. The highest BCUT2D eigenvalue weighted by molar-refractivity contribution is 5.94. The van der Waals surface area contributed by atoms with Crippen LogP contribution in [-0.4, -0.2) is 30.4 Å². The molecular weight excluding hydrogens is 297 g/mol. The van der Waals surface area contributed by atoms with Crippen LogP contribution in [0.1, 0.15) is 36.0 Å². The van der Waals surface area contributed by atoms with E-state index in [2.05, 4.69) is 15.4 Å². The Balaban J connectivity index is 1.63. The van der Waals surface area contributed by atoms with E-state index < -0.39 is 6.36 Å². The summed E-state index contributed by atoms with van der Waals surface area (Å²) in [6.07, 6.45) is -0.802. The molecule has 1 amide bonds. The van der Waals surface area contributed by atoms with Gasteiger partial charge in [0.15, 0.2) is 0 Å². The van der Waals surface area contributed by atoms with Gasteiger partial charge in [-0.3, -0.25) is 4.79 Å². The summed E-state index contributed by atoms with van der Waals surface area (Å²) < 4.78 is 40.5. The van der Waals surface area contributed by atoms with Gasteiger partial charge in [-0.25, -0.2) is 0 Å². The fraction of sp³-hybridized carbons (Fsp3) is 0.533. The number of hydrogen-bond donors (Lipinski definition) is 2. The summed E-state index contributed by atoms with van der Waals surface area (Å²) >= 11 is 0. The molecule has 7 heteroatoms. The third kappa shape index (κ3) is 3.71. The minimum absolute atomic E-state index is 0.0680. The van der Waals surface area contributed by atoms with Crippen LogP contribution in [0.25, 0.3) is 0 Å².